The summed E-state index contributed by atoms with van der Waals surface area (Å²) in [7, 11) is 1.54. The number of phenols is 1. The Morgan fingerprint density at radius 3 is 2.83 bits per heavy atom. The van der Waals surface area contributed by atoms with Gasteiger partial charge in [-0.05, 0) is 71.2 Å². The minimum atomic E-state index is -1.59. The molecule has 60 heavy (non-hydrogen) atoms. The van der Waals surface area contributed by atoms with Crippen molar-refractivity contribution >= 4 is 40.8 Å². The average Bonchev–Trinajstić information content (AvgIpc) is 3.99. The van der Waals surface area contributed by atoms with Crippen molar-refractivity contribution in [2.24, 2.45) is 10.9 Å². The Morgan fingerprint density at radius 2 is 1.95 bits per heavy atom. The molecule has 5 aliphatic heterocycles. The molecular weight excluding hydrogens is 765 g/mol. The van der Waals surface area contributed by atoms with E-state index in [9.17, 15) is 24.9 Å². The largest absolute Gasteiger partial charge is 0.506 e. The summed E-state index contributed by atoms with van der Waals surface area (Å²) in [6.45, 7) is -0.216. The third-order valence-corrected chi connectivity index (χ3v) is 13.2. The molecule has 12 heteroatoms. The third kappa shape index (κ3) is 5.68. The van der Waals surface area contributed by atoms with Crippen molar-refractivity contribution < 1.29 is 48.6 Å². The van der Waals surface area contributed by atoms with E-state index in [1.165, 1.54) is 12.0 Å². The van der Waals surface area contributed by atoms with Gasteiger partial charge in [0.2, 0.25) is 6.29 Å². The van der Waals surface area contributed by atoms with Crippen LogP contribution in [-0.4, -0.2) is 95.2 Å². The fraction of sp³-hybridized carbons (Fsp3) is 0.333. The van der Waals surface area contributed by atoms with Crippen molar-refractivity contribution in [2.45, 2.75) is 75.0 Å². The number of methoxy groups -OCH3 is 1. The number of ketones is 1. The van der Waals surface area contributed by atoms with Crippen molar-refractivity contribution in [2.75, 3.05) is 20.3 Å². The van der Waals surface area contributed by atoms with Gasteiger partial charge in [0.1, 0.15) is 47.2 Å². The van der Waals surface area contributed by atoms with Crippen molar-refractivity contribution in [1.82, 2.24) is 4.90 Å². The number of benzene rings is 3. The lowest BCUT2D eigenvalue weighted by molar-refractivity contribution is -0.279. The van der Waals surface area contributed by atoms with E-state index in [-0.39, 0.29) is 66.3 Å². The van der Waals surface area contributed by atoms with E-state index in [0.717, 1.165) is 58.4 Å². The minimum Gasteiger partial charge on any atom is -0.506 e. The quantitative estimate of drug-likeness (QED) is 0.224. The van der Waals surface area contributed by atoms with E-state index in [1.54, 1.807) is 24.4 Å². The van der Waals surface area contributed by atoms with Gasteiger partial charge in [-0.3, -0.25) is 9.59 Å². The number of Topliss-reactive ketones (excluding diaryl/α,β-unsaturated/α-hetero) is 1. The number of carbonyl (C=O) groups excluding carboxylic acids is 2. The van der Waals surface area contributed by atoms with E-state index >= 15 is 0 Å². The molecule has 8 aliphatic rings. The van der Waals surface area contributed by atoms with Gasteiger partial charge in [0, 0.05) is 48.6 Å². The number of nitrogens with zero attached hydrogens (tertiary/aromatic N) is 2. The Morgan fingerprint density at radius 1 is 1.07 bits per heavy atom. The molecule has 0 radical (unpaired) electrons. The van der Waals surface area contributed by atoms with Crippen LogP contribution in [0.3, 0.4) is 0 Å². The molecule has 3 N–H and O–H groups in total. The zero-order valence-electron chi connectivity index (χ0n) is 32.7. The number of amides is 1. The molecule has 3 aliphatic carbocycles. The molecule has 1 saturated heterocycles. The first kappa shape index (κ1) is 36.9. The number of phenolic OH excluding ortho intramolecular Hbond substituents is 1. The first-order valence-corrected chi connectivity index (χ1v) is 20.5. The number of aliphatic imine (C=N–C) groups is 1. The van der Waals surface area contributed by atoms with E-state index in [0.29, 0.717) is 22.3 Å². The highest BCUT2D eigenvalue weighted by Crippen LogP contribution is 2.54. The lowest BCUT2D eigenvalue weighted by Gasteiger charge is -2.41. The number of aromatic hydroxyl groups is 1. The number of rotatable bonds is 2. The highest BCUT2D eigenvalue weighted by molar-refractivity contribution is 6.14. The molecular formula is C48H41N2O10+. The third-order valence-electron chi connectivity index (χ3n) is 13.2. The summed E-state index contributed by atoms with van der Waals surface area (Å²) in [5.74, 6) is 2.62. The molecule has 3 aromatic rings. The summed E-state index contributed by atoms with van der Waals surface area (Å²) in [4.78, 5) is 35.0. The summed E-state index contributed by atoms with van der Waals surface area (Å²) < 4.78 is 31.8. The maximum Gasteiger partial charge on any atom is 0.254 e. The number of hydrogen-bond donors (Lipinski definition) is 3. The van der Waals surface area contributed by atoms with Crippen LogP contribution in [0.25, 0.3) is 22.9 Å². The predicted molar refractivity (Wildman–Crippen MR) is 220 cm³/mol. The van der Waals surface area contributed by atoms with Gasteiger partial charge in [0.05, 0.1) is 48.6 Å². The predicted octanol–water partition coefficient (Wildman–Crippen LogP) is 5.48. The standard InChI is InChI=1S/C48H40N2O10/c1-56-37-19-31-28-15-14-25-8-4-11-26(25)39(28)41-35(51)22-50-21-33-24(7-5-12-29(33)47(50)55)9-6-18-57-46-42(52)38-23-58-36(32-20-49-34-13-3-2-10-27(32)34)17-16-30(37)45(40(31)43(41)53)60-48(59-38)44(46)54/h2-3,5,7,10,12-17,19-20,25-26,36,38,42,44,46,48,52,54H,4,8-9,11,21-23H2,1H3/p+1/b17-16-/t25-,26-,36-,38-,42-,44-,46+,48-/m1/s1. The summed E-state index contributed by atoms with van der Waals surface area (Å²) in [6.07, 6.45) is 15.3. The van der Waals surface area contributed by atoms with E-state index in [1.807, 2.05) is 48.9 Å². The first-order valence-electron chi connectivity index (χ1n) is 20.5. The smallest absolute Gasteiger partial charge is 0.254 e. The summed E-state index contributed by atoms with van der Waals surface area (Å²) in [5, 5.41) is 37.3. The molecule has 302 valence electrons. The Balaban J connectivity index is 1.17. The normalized spacial score (nSPS) is 30.1. The van der Waals surface area contributed by atoms with Gasteiger partial charge in [0.15, 0.2) is 23.7 Å². The van der Waals surface area contributed by atoms with Crippen molar-refractivity contribution in [3.63, 3.8) is 0 Å². The first-order chi connectivity index (χ1) is 29.3. The van der Waals surface area contributed by atoms with Gasteiger partial charge in [0.25, 0.3) is 5.91 Å². The molecule has 8 bridgehead atoms. The Kier molecular flexibility index (Phi) is 8.79. The van der Waals surface area contributed by atoms with Crippen LogP contribution in [0.1, 0.15) is 73.7 Å². The van der Waals surface area contributed by atoms with Gasteiger partial charge >= 0.3 is 0 Å². The van der Waals surface area contributed by atoms with Gasteiger partial charge in [-0.1, -0.05) is 36.6 Å². The van der Waals surface area contributed by atoms with E-state index in [2.05, 4.69) is 23.1 Å². The lowest BCUT2D eigenvalue weighted by atomic mass is 9.75. The SMILES string of the molecule is COc1cc2c3c(c4c(O)c2c2c1/C=C\[C@H](C1=C5[CH+]C=CC=C5N=C1)OC[C@H]1O[C@H](O2)[C@H](O)[C@@H](OC#CCc2cccc5c2CN(CC4=O)C5=O)[C@@H]1O)[C@@H]1CCC[C@@H]1C=C3. The molecule has 3 aromatic carbocycles. The van der Waals surface area contributed by atoms with Crippen molar-refractivity contribution in [1.29, 1.82) is 0 Å². The van der Waals surface area contributed by atoms with Crippen LogP contribution in [0.5, 0.6) is 17.2 Å². The monoisotopic (exact) mass is 805 g/mol. The maximum atomic E-state index is 15.0. The summed E-state index contributed by atoms with van der Waals surface area (Å²) in [6, 6.07) is 7.24. The molecule has 12 nitrogen and oxygen atoms in total. The summed E-state index contributed by atoms with van der Waals surface area (Å²) >= 11 is 0. The molecule has 1 saturated carbocycles. The Bertz CT molecular complexity index is 2660. The number of carbonyl (C=O) groups is 2. The van der Waals surface area contributed by atoms with Gasteiger partial charge in [-0.15, -0.1) is 0 Å². The Hall–Kier alpha value is -6.10. The topological polar surface area (TPSA) is 157 Å². The molecule has 5 heterocycles. The van der Waals surface area contributed by atoms with Crippen LogP contribution in [0.4, 0.5) is 0 Å². The van der Waals surface area contributed by atoms with Crippen molar-refractivity contribution in [3.05, 3.63) is 117 Å². The molecule has 8 atom stereocenters. The maximum absolute atomic E-state index is 15.0. The highest BCUT2D eigenvalue weighted by atomic mass is 16.7. The van der Waals surface area contributed by atoms with E-state index < -0.39 is 42.6 Å². The number of aliphatic hydroxyl groups excluding tert-OH is 2. The van der Waals surface area contributed by atoms with Gasteiger partial charge in [-0.2, -0.15) is 4.99 Å². The van der Waals surface area contributed by atoms with Crippen LogP contribution in [0, 0.1) is 24.4 Å². The van der Waals surface area contributed by atoms with Crippen LogP contribution in [-0.2, 0) is 27.2 Å². The average molecular weight is 806 g/mol. The van der Waals surface area contributed by atoms with Crippen LogP contribution < -0.4 is 9.47 Å². The molecule has 0 unspecified atom stereocenters. The Labute approximate surface area is 345 Å². The number of allylic oxidation sites excluding steroid dienone is 5. The van der Waals surface area contributed by atoms with Gasteiger partial charge in [-0.25, -0.2) is 0 Å². The second-order valence-electron chi connectivity index (χ2n) is 16.4. The van der Waals surface area contributed by atoms with Crippen molar-refractivity contribution in [3.8, 4) is 29.3 Å². The van der Waals surface area contributed by atoms with Gasteiger partial charge < -0.3 is 43.9 Å². The second-order valence-corrected chi connectivity index (χ2v) is 16.4. The number of fused-ring (bicyclic) bond motifs is 10. The zero-order chi connectivity index (χ0) is 40.8. The fourth-order valence-corrected chi connectivity index (χ4v) is 10.3. The van der Waals surface area contributed by atoms with Crippen LogP contribution >= 0.6 is 0 Å². The molecule has 1 amide bonds. The summed E-state index contributed by atoms with van der Waals surface area (Å²) in [5.41, 5.74) is 6.45. The number of ether oxygens (including phenoxy) is 5. The minimum absolute atomic E-state index is 0.0349. The molecule has 2 fully saturated rings. The zero-order valence-corrected chi connectivity index (χ0v) is 32.7. The number of aliphatic hydroxyl groups is 2. The molecule has 0 spiro atoms. The molecule has 0 aromatic heterocycles. The highest BCUT2D eigenvalue weighted by Gasteiger charge is 2.49. The van der Waals surface area contributed by atoms with Crippen LogP contribution in [0.2, 0.25) is 0 Å². The number of hydrogen-bond acceptors (Lipinski definition) is 11. The second kappa shape index (κ2) is 14.3. The fourth-order valence-electron chi connectivity index (χ4n) is 10.3. The van der Waals surface area contributed by atoms with E-state index in [4.69, 9.17) is 23.7 Å². The molecule has 11 rings (SSSR count). The lowest BCUT2D eigenvalue weighted by Crippen LogP contribution is -2.61. The van der Waals surface area contributed by atoms with Crippen LogP contribution in [0.15, 0.2) is 76.5 Å².